The lowest BCUT2D eigenvalue weighted by Gasteiger charge is -2.05. The van der Waals surface area contributed by atoms with E-state index in [2.05, 4.69) is 4.72 Å². The van der Waals surface area contributed by atoms with Gasteiger partial charge in [-0.2, -0.15) is 0 Å². The predicted molar refractivity (Wildman–Crippen MR) is 59.6 cm³/mol. The van der Waals surface area contributed by atoms with Gasteiger partial charge in [-0.05, 0) is 12.8 Å². The van der Waals surface area contributed by atoms with Crippen molar-refractivity contribution in [1.82, 2.24) is 4.72 Å². The number of carboxylic acids is 1. The molecule has 0 radical (unpaired) electrons. The third-order valence-corrected chi connectivity index (χ3v) is 2.35. The largest absolute Gasteiger partial charge is 0.480 e. The molecule has 0 aliphatic carbocycles. The molecule has 0 unspecified atom stereocenters. The van der Waals surface area contributed by atoms with Crippen LogP contribution in [-0.4, -0.2) is 38.3 Å². The highest BCUT2D eigenvalue weighted by atomic mass is 35.5. The summed E-state index contributed by atoms with van der Waals surface area (Å²) in [6.07, 6.45) is 2.63. The Labute approximate surface area is 95.7 Å². The number of nitrogens with one attached hydrogen (secondary N) is 1. The normalized spacial score (nSPS) is 12.9. The molecule has 92 valence electrons. The monoisotopic (exact) mass is 260 g/mol. The van der Waals surface area contributed by atoms with Gasteiger partial charge in [0.2, 0.25) is 10.0 Å². The van der Waals surface area contributed by atoms with E-state index in [9.17, 15) is 13.2 Å². The second-order valence-electron chi connectivity index (χ2n) is 3.11. The highest BCUT2D eigenvalue weighted by Gasteiger charge is 2.10. The molecule has 0 spiro atoms. The number of rotatable bonds is 7. The molecular weight excluding hydrogens is 244 g/mol. The summed E-state index contributed by atoms with van der Waals surface area (Å²) in [6, 6.07) is -0.853. The van der Waals surface area contributed by atoms with Gasteiger partial charge in [0.1, 0.15) is 6.04 Å². The molecule has 0 aromatic heterocycles. The quantitative estimate of drug-likeness (QED) is 0.537. The zero-order chi connectivity index (χ0) is 11.2. The van der Waals surface area contributed by atoms with E-state index in [0.717, 1.165) is 6.26 Å². The van der Waals surface area contributed by atoms with Crippen molar-refractivity contribution in [1.29, 1.82) is 0 Å². The van der Waals surface area contributed by atoms with Crippen molar-refractivity contribution in [2.24, 2.45) is 5.73 Å². The van der Waals surface area contributed by atoms with E-state index in [-0.39, 0.29) is 12.4 Å². The van der Waals surface area contributed by atoms with Gasteiger partial charge in [0.25, 0.3) is 0 Å². The van der Waals surface area contributed by atoms with Crippen LogP contribution in [0.1, 0.15) is 19.3 Å². The number of aliphatic carboxylic acids is 1. The first kappa shape index (κ1) is 17.0. The highest BCUT2D eigenvalue weighted by Crippen LogP contribution is 1.98. The third kappa shape index (κ3) is 11.6. The van der Waals surface area contributed by atoms with Crippen molar-refractivity contribution in [3.8, 4) is 0 Å². The van der Waals surface area contributed by atoms with E-state index < -0.39 is 22.0 Å². The number of unbranched alkanes of at least 4 members (excludes halogenated alkanes) is 1. The number of carbonyl (C=O) groups is 1. The van der Waals surface area contributed by atoms with Crippen LogP contribution in [0.15, 0.2) is 0 Å². The van der Waals surface area contributed by atoms with Gasteiger partial charge in [-0.1, -0.05) is 6.42 Å². The summed E-state index contributed by atoms with van der Waals surface area (Å²) in [5.41, 5.74) is 5.25. The fraction of sp³-hybridized carbons (Fsp3) is 0.857. The molecule has 6 nitrogen and oxygen atoms in total. The van der Waals surface area contributed by atoms with Crippen LogP contribution in [0.4, 0.5) is 0 Å². The van der Waals surface area contributed by atoms with Crippen LogP contribution in [-0.2, 0) is 14.8 Å². The molecule has 1 atom stereocenters. The van der Waals surface area contributed by atoms with Gasteiger partial charge in [0.05, 0.1) is 6.26 Å². The lowest BCUT2D eigenvalue weighted by atomic mass is 10.1. The summed E-state index contributed by atoms with van der Waals surface area (Å²) in [5, 5.41) is 8.43. The molecule has 0 aromatic rings. The number of sulfonamides is 1. The molecule has 0 aliphatic rings. The predicted octanol–water partition coefficient (Wildman–Crippen LogP) is -0.460. The first-order valence-corrected chi connectivity index (χ1v) is 6.15. The van der Waals surface area contributed by atoms with Crippen molar-refractivity contribution >= 4 is 28.4 Å². The van der Waals surface area contributed by atoms with Gasteiger partial charge in [-0.25, -0.2) is 13.1 Å². The Bertz CT molecular complexity index is 281. The first-order chi connectivity index (χ1) is 6.33. The molecule has 0 heterocycles. The minimum absolute atomic E-state index is 0. The van der Waals surface area contributed by atoms with Crippen LogP contribution in [0.3, 0.4) is 0 Å². The molecular formula is C7H17ClN2O4S. The molecule has 0 amide bonds. The minimum Gasteiger partial charge on any atom is -0.480 e. The van der Waals surface area contributed by atoms with Gasteiger partial charge in [0, 0.05) is 6.54 Å². The summed E-state index contributed by atoms with van der Waals surface area (Å²) < 4.78 is 23.5. The molecule has 0 saturated heterocycles. The van der Waals surface area contributed by atoms with Crippen LogP contribution in [0.5, 0.6) is 0 Å². The van der Waals surface area contributed by atoms with Crippen LogP contribution in [0, 0.1) is 0 Å². The number of hydrogen-bond acceptors (Lipinski definition) is 4. The standard InChI is InChI=1S/C7H16N2O4S.ClH/c1-14(12,13)9-5-3-2-4-6(8)7(10)11;/h6,9H,2-5,8H2,1H3,(H,10,11);1H/t6-;/m0./s1. The van der Waals surface area contributed by atoms with Crippen LogP contribution < -0.4 is 10.5 Å². The minimum atomic E-state index is -3.14. The SMILES string of the molecule is CS(=O)(=O)NCCCC[C@H](N)C(=O)O.Cl. The van der Waals surface area contributed by atoms with Crippen molar-refractivity contribution in [3.05, 3.63) is 0 Å². The summed E-state index contributed by atoms with van der Waals surface area (Å²) in [4.78, 5) is 10.3. The van der Waals surface area contributed by atoms with E-state index in [0.29, 0.717) is 25.8 Å². The maximum atomic E-state index is 10.6. The summed E-state index contributed by atoms with van der Waals surface area (Å²) in [5.74, 6) is -1.03. The van der Waals surface area contributed by atoms with E-state index in [1.54, 1.807) is 0 Å². The summed E-state index contributed by atoms with van der Waals surface area (Å²) in [7, 11) is -3.14. The second-order valence-corrected chi connectivity index (χ2v) is 4.94. The third-order valence-electron chi connectivity index (χ3n) is 1.62. The second kappa shape index (κ2) is 7.86. The Morgan fingerprint density at radius 2 is 2.00 bits per heavy atom. The molecule has 0 rings (SSSR count). The molecule has 15 heavy (non-hydrogen) atoms. The van der Waals surface area contributed by atoms with Gasteiger partial charge < -0.3 is 10.8 Å². The van der Waals surface area contributed by atoms with E-state index in [1.807, 2.05) is 0 Å². The number of carboxylic acid groups (broad SMARTS) is 1. The Kier molecular flexibility index (Phi) is 8.93. The van der Waals surface area contributed by atoms with Crippen molar-refractivity contribution in [2.75, 3.05) is 12.8 Å². The van der Waals surface area contributed by atoms with Crippen LogP contribution >= 0.6 is 12.4 Å². The van der Waals surface area contributed by atoms with E-state index in [1.165, 1.54) is 0 Å². The number of hydrogen-bond donors (Lipinski definition) is 3. The molecule has 0 bridgehead atoms. The van der Waals surface area contributed by atoms with Crippen molar-refractivity contribution in [2.45, 2.75) is 25.3 Å². The molecule has 0 aromatic carbocycles. The lowest BCUT2D eigenvalue weighted by molar-refractivity contribution is -0.138. The fourth-order valence-corrected chi connectivity index (χ4v) is 1.39. The van der Waals surface area contributed by atoms with Crippen molar-refractivity contribution < 1.29 is 18.3 Å². The Balaban J connectivity index is 0. The number of halogens is 1. The Morgan fingerprint density at radius 3 is 2.40 bits per heavy atom. The zero-order valence-electron chi connectivity index (χ0n) is 8.47. The highest BCUT2D eigenvalue weighted by molar-refractivity contribution is 7.88. The van der Waals surface area contributed by atoms with Crippen LogP contribution in [0.2, 0.25) is 0 Å². The average Bonchev–Trinajstić information content (AvgIpc) is 2.01. The molecule has 0 aliphatic heterocycles. The van der Waals surface area contributed by atoms with Gasteiger partial charge in [-0.15, -0.1) is 12.4 Å². The van der Waals surface area contributed by atoms with Gasteiger partial charge in [0.15, 0.2) is 0 Å². The molecule has 0 saturated carbocycles. The van der Waals surface area contributed by atoms with Gasteiger partial charge >= 0.3 is 5.97 Å². The summed E-state index contributed by atoms with van der Waals surface area (Å²) in [6.45, 7) is 0.325. The fourth-order valence-electron chi connectivity index (χ4n) is 0.870. The maximum Gasteiger partial charge on any atom is 0.320 e. The molecule has 0 fully saturated rings. The number of nitrogens with two attached hydrogens (primary N) is 1. The molecule has 4 N–H and O–H groups in total. The Hall–Kier alpha value is -0.370. The van der Waals surface area contributed by atoms with E-state index in [4.69, 9.17) is 10.8 Å². The Morgan fingerprint density at radius 1 is 1.47 bits per heavy atom. The molecule has 8 heteroatoms. The average molecular weight is 261 g/mol. The van der Waals surface area contributed by atoms with Crippen LogP contribution in [0.25, 0.3) is 0 Å². The topological polar surface area (TPSA) is 109 Å². The maximum absolute atomic E-state index is 10.6. The summed E-state index contributed by atoms with van der Waals surface area (Å²) >= 11 is 0. The zero-order valence-corrected chi connectivity index (χ0v) is 10.1. The van der Waals surface area contributed by atoms with Gasteiger partial charge in [-0.3, -0.25) is 4.79 Å². The van der Waals surface area contributed by atoms with Crippen molar-refractivity contribution in [3.63, 3.8) is 0 Å². The first-order valence-electron chi connectivity index (χ1n) is 4.26. The lowest BCUT2D eigenvalue weighted by Crippen LogP contribution is -2.30. The smallest absolute Gasteiger partial charge is 0.320 e. The van der Waals surface area contributed by atoms with E-state index >= 15 is 0 Å².